The maximum Gasteiger partial charge on any atom is 0.182 e. The van der Waals surface area contributed by atoms with Gasteiger partial charge in [0.05, 0.1) is 0 Å². The summed E-state index contributed by atoms with van der Waals surface area (Å²) in [4.78, 5) is 1.68. The maximum absolute atomic E-state index is 5.29. The second-order valence-electron chi connectivity index (χ2n) is 1.52. The summed E-state index contributed by atoms with van der Waals surface area (Å²) < 4.78 is 0. The molecule has 0 bridgehead atoms. The van der Waals surface area contributed by atoms with Crippen LogP contribution < -0.4 is 0 Å². The van der Waals surface area contributed by atoms with E-state index in [1.807, 2.05) is 7.05 Å². The van der Waals surface area contributed by atoms with E-state index in [1.54, 1.807) is 4.81 Å². The second kappa shape index (κ2) is 4.66. The van der Waals surface area contributed by atoms with Crippen molar-refractivity contribution >= 4 is 23.9 Å². The Balaban J connectivity index is 2.68. The van der Waals surface area contributed by atoms with Gasteiger partial charge in [0.2, 0.25) is 0 Å². The standard InChI is InChI=1S/C4H9BBrN/c1-7(5)4-2-3-6/h2-4H2,1H3. The molecule has 0 heterocycles. The normalized spacial score (nSPS) is 10.1. The van der Waals surface area contributed by atoms with E-state index in [0.29, 0.717) is 0 Å². The fourth-order valence-corrected chi connectivity index (χ4v) is 0.560. The van der Waals surface area contributed by atoms with Crippen LogP contribution in [0.4, 0.5) is 0 Å². The third-order valence-corrected chi connectivity index (χ3v) is 1.21. The van der Waals surface area contributed by atoms with Crippen LogP contribution in [0.15, 0.2) is 0 Å². The van der Waals surface area contributed by atoms with Gasteiger partial charge in [-0.1, -0.05) is 15.9 Å². The lowest BCUT2D eigenvalue weighted by Crippen LogP contribution is -2.14. The molecule has 0 rings (SSSR count). The Morgan fingerprint density at radius 1 is 1.71 bits per heavy atom. The first-order chi connectivity index (χ1) is 3.27. The lowest BCUT2D eigenvalue weighted by Gasteiger charge is -2.05. The molecular formula is C4H9BBrN. The number of nitrogens with zero attached hydrogens (tertiary/aromatic N) is 1. The molecule has 7 heavy (non-hydrogen) atoms. The third kappa shape index (κ3) is 6.50. The molecular weight excluding hydrogens is 153 g/mol. The van der Waals surface area contributed by atoms with Crippen molar-refractivity contribution < 1.29 is 0 Å². The highest BCUT2D eigenvalue weighted by Crippen LogP contribution is 1.86. The first kappa shape index (κ1) is 7.50. The van der Waals surface area contributed by atoms with Gasteiger partial charge in [0.15, 0.2) is 7.98 Å². The summed E-state index contributed by atoms with van der Waals surface area (Å²) in [5, 5.41) is 1.04. The highest BCUT2D eigenvalue weighted by molar-refractivity contribution is 9.09. The Hall–Kier alpha value is 0.505. The molecule has 0 N–H and O–H groups in total. The van der Waals surface area contributed by atoms with E-state index in [2.05, 4.69) is 15.9 Å². The topological polar surface area (TPSA) is 3.24 Å². The van der Waals surface area contributed by atoms with Crippen molar-refractivity contribution in [2.24, 2.45) is 0 Å². The molecule has 0 aliphatic rings. The van der Waals surface area contributed by atoms with Crippen LogP contribution in [0.25, 0.3) is 0 Å². The van der Waals surface area contributed by atoms with Crippen LogP contribution in [0.5, 0.6) is 0 Å². The van der Waals surface area contributed by atoms with Gasteiger partial charge in [0.25, 0.3) is 0 Å². The Labute approximate surface area is 54.6 Å². The fraction of sp³-hybridized carbons (Fsp3) is 1.00. The molecule has 0 aliphatic carbocycles. The summed E-state index contributed by atoms with van der Waals surface area (Å²) in [6.07, 6.45) is 1.12. The minimum absolute atomic E-state index is 0.964. The van der Waals surface area contributed by atoms with E-state index < -0.39 is 0 Å². The Morgan fingerprint density at radius 2 is 2.29 bits per heavy atom. The molecule has 1 nitrogen and oxygen atoms in total. The first-order valence-corrected chi connectivity index (χ1v) is 3.41. The molecule has 0 saturated carbocycles. The number of rotatable bonds is 3. The zero-order chi connectivity index (χ0) is 5.70. The summed E-state index contributed by atoms with van der Waals surface area (Å²) in [5.74, 6) is 0. The van der Waals surface area contributed by atoms with Crippen molar-refractivity contribution in [3.05, 3.63) is 0 Å². The lowest BCUT2D eigenvalue weighted by molar-refractivity contribution is 0.544. The van der Waals surface area contributed by atoms with E-state index in [9.17, 15) is 0 Å². The summed E-state index contributed by atoms with van der Waals surface area (Å²) >= 11 is 3.30. The van der Waals surface area contributed by atoms with Gasteiger partial charge >= 0.3 is 0 Å². The fourth-order valence-electron chi connectivity index (χ4n) is 0.309. The number of alkyl halides is 1. The smallest absolute Gasteiger partial charge is 0.182 e. The van der Waals surface area contributed by atoms with Crippen molar-refractivity contribution in [2.45, 2.75) is 6.42 Å². The van der Waals surface area contributed by atoms with Crippen molar-refractivity contribution in [1.82, 2.24) is 4.81 Å². The molecule has 3 heteroatoms. The van der Waals surface area contributed by atoms with Gasteiger partial charge in [-0.15, -0.1) is 0 Å². The zero-order valence-electron chi connectivity index (χ0n) is 4.52. The van der Waals surface area contributed by atoms with Crippen molar-refractivity contribution in [1.29, 1.82) is 0 Å². The molecule has 0 aromatic heterocycles. The predicted molar refractivity (Wildman–Crippen MR) is 36.8 cm³/mol. The van der Waals surface area contributed by atoms with E-state index >= 15 is 0 Å². The number of hydrogen-bond acceptors (Lipinski definition) is 1. The van der Waals surface area contributed by atoms with Gasteiger partial charge in [-0.05, 0) is 20.0 Å². The van der Waals surface area contributed by atoms with Crippen molar-refractivity contribution in [3.63, 3.8) is 0 Å². The second-order valence-corrected chi connectivity index (χ2v) is 2.32. The van der Waals surface area contributed by atoms with Crippen molar-refractivity contribution in [3.8, 4) is 0 Å². The van der Waals surface area contributed by atoms with Crippen LogP contribution in [0.3, 0.4) is 0 Å². The molecule has 0 aromatic carbocycles. The van der Waals surface area contributed by atoms with E-state index in [0.717, 1.165) is 18.3 Å². The molecule has 40 valence electrons. The molecule has 0 unspecified atom stereocenters. The van der Waals surface area contributed by atoms with Crippen LogP contribution in [0, 0.1) is 0 Å². The van der Waals surface area contributed by atoms with Crippen LogP contribution >= 0.6 is 15.9 Å². The van der Waals surface area contributed by atoms with Gasteiger partial charge < -0.3 is 4.81 Å². The Morgan fingerprint density at radius 3 is 2.43 bits per heavy atom. The van der Waals surface area contributed by atoms with E-state index in [4.69, 9.17) is 7.98 Å². The molecule has 0 aromatic rings. The van der Waals surface area contributed by atoms with Crippen molar-refractivity contribution in [2.75, 3.05) is 18.9 Å². The van der Waals surface area contributed by atoms with Gasteiger partial charge in [-0.25, -0.2) is 0 Å². The molecule has 0 saturated heterocycles. The quantitative estimate of drug-likeness (QED) is 0.437. The highest BCUT2D eigenvalue weighted by Gasteiger charge is 1.84. The zero-order valence-corrected chi connectivity index (χ0v) is 6.11. The average Bonchev–Trinajstić information content (AvgIpc) is 1.61. The minimum Gasteiger partial charge on any atom is -0.356 e. The SMILES string of the molecule is [B]N(C)CCCBr. The monoisotopic (exact) mass is 161 g/mol. The van der Waals surface area contributed by atoms with Gasteiger partial charge in [0, 0.05) is 5.33 Å². The van der Waals surface area contributed by atoms with E-state index in [-0.39, 0.29) is 0 Å². The highest BCUT2D eigenvalue weighted by atomic mass is 79.9. The number of halogens is 1. The van der Waals surface area contributed by atoms with Crippen LogP contribution in [-0.4, -0.2) is 31.7 Å². The van der Waals surface area contributed by atoms with Crippen LogP contribution in [0.2, 0.25) is 0 Å². The largest absolute Gasteiger partial charge is 0.356 e. The third-order valence-electron chi connectivity index (χ3n) is 0.644. The molecule has 0 amide bonds. The van der Waals surface area contributed by atoms with Crippen LogP contribution in [-0.2, 0) is 0 Å². The lowest BCUT2D eigenvalue weighted by atomic mass is 10.3. The van der Waals surface area contributed by atoms with Gasteiger partial charge in [0.1, 0.15) is 0 Å². The van der Waals surface area contributed by atoms with E-state index in [1.165, 1.54) is 0 Å². The molecule has 0 spiro atoms. The Bertz CT molecular complexity index is 40.7. The minimum atomic E-state index is 0.964. The first-order valence-electron chi connectivity index (χ1n) is 2.29. The van der Waals surface area contributed by atoms with Gasteiger partial charge in [-0.3, -0.25) is 0 Å². The Kier molecular flexibility index (Phi) is 4.99. The summed E-state index contributed by atoms with van der Waals surface area (Å²) in [7, 11) is 7.15. The molecule has 0 fully saturated rings. The summed E-state index contributed by atoms with van der Waals surface area (Å²) in [6.45, 7) is 0.964. The molecule has 0 atom stereocenters. The van der Waals surface area contributed by atoms with Crippen LogP contribution in [0.1, 0.15) is 6.42 Å². The number of hydrogen-bond donors (Lipinski definition) is 0. The molecule has 2 radical (unpaired) electrons. The molecule has 0 aliphatic heterocycles. The summed E-state index contributed by atoms with van der Waals surface area (Å²) in [5.41, 5.74) is 0. The summed E-state index contributed by atoms with van der Waals surface area (Å²) in [6, 6.07) is 0. The predicted octanol–water partition coefficient (Wildman–Crippen LogP) is 0.787. The van der Waals surface area contributed by atoms with Gasteiger partial charge in [-0.2, -0.15) is 0 Å². The maximum atomic E-state index is 5.29. The average molecular weight is 162 g/mol.